The van der Waals surface area contributed by atoms with Gasteiger partial charge in [0.25, 0.3) is 0 Å². The van der Waals surface area contributed by atoms with Crippen molar-refractivity contribution in [3.05, 3.63) is 28.8 Å². The maximum absolute atomic E-state index is 10.5. The van der Waals surface area contributed by atoms with E-state index in [1.165, 1.54) is 0 Å². The van der Waals surface area contributed by atoms with Crippen LogP contribution in [-0.4, -0.2) is 12.2 Å². The Kier molecular flexibility index (Phi) is 3.98. The molecule has 0 bridgehead atoms. The third-order valence-electron chi connectivity index (χ3n) is 3.41. The summed E-state index contributed by atoms with van der Waals surface area (Å²) in [4.78, 5) is 0. The molecule has 0 unspecified atom stereocenters. The van der Waals surface area contributed by atoms with Crippen molar-refractivity contribution in [1.82, 2.24) is 0 Å². The maximum atomic E-state index is 10.5. The second-order valence-electron chi connectivity index (χ2n) is 4.38. The van der Waals surface area contributed by atoms with Gasteiger partial charge in [-0.2, -0.15) is 0 Å². The van der Waals surface area contributed by atoms with E-state index in [0.717, 1.165) is 35.3 Å². The number of benzene rings is 1. The fraction of sp³-hybridized carbons (Fsp3) is 0.571. The molecule has 2 heteroatoms. The SMILES string of the molecule is CCC(O)(CC)c1cc(C)c(OC)cc1C. The Balaban J connectivity index is 3.30. The van der Waals surface area contributed by atoms with Crippen LogP contribution in [0.25, 0.3) is 0 Å². The summed E-state index contributed by atoms with van der Waals surface area (Å²) in [5.74, 6) is 0.885. The lowest BCUT2D eigenvalue weighted by molar-refractivity contribution is 0.0277. The van der Waals surface area contributed by atoms with Gasteiger partial charge in [0.2, 0.25) is 0 Å². The Morgan fingerprint density at radius 3 is 2.12 bits per heavy atom. The van der Waals surface area contributed by atoms with Crippen molar-refractivity contribution in [2.45, 2.75) is 46.1 Å². The standard InChI is InChI=1S/C14H22O2/c1-6-14(15,7-2)12-8-11(4)13(16-5)9-10(12)3/h8-9,15H,6-7H2,1-5H3. The first-order chi connectivity index (χ1) is 7.48. The first-order valence-electron chi connectivity index (χ1n) is 5.86. The molecule has 0 saturated carbocycles. The first-order valence-corrected chi connectivity index (χ1v) is 5.86. The number of methoxy groups -OCH3 is 1. The fourth-order valence-corrected chi connectivity index (χ4v) is 2.14. The van der Waals surface area contributed by atoms with E-state index in [9.17, 15) is 5.11 Å². The predicted molar refractivity (Wildman–Crippen MR) is 66.9 cm³/mol. The maximum Gasteiger partial charge on any atom is 0.122 e. The minimum absolute atomic E-state index is 0.707. The van der Waals surface area contributed by atoms with Gasteiger partial charge in [-0.25, -0.2) is 0 Å². The first kappa shape index (κ1) is 13.0. The highest BCUT2D eigenvalue weighted by atomic mass is 16.5. The minimum Gasteiger partial charge on any atom is -0.496 e. The van der Waals surface area contributed by atoms with E-state index in [1.54, 1.807) is 7.11 Å². The van der Waals surface area contributed by atoms with Crippen LogP contribution in [0.5, 0.6) is 5.75 Å². The van der Waals surface area contributed by atoms with E-state index in [4.69, 9.17) is 4.74 Å². The lowest BCUT2D eigenvalue weighted by Gasteiger charge is -2.28. The molecule has 2 nitrogen and oxygen atoms in total. The molecule has 0 atom stereocenters. The average Bonchev–Trinajstić information content (AvgIpc) is 2.30. The van der Waals surface area contributed by atoms with Crippen molar-refractivity contribution in [3.63, 3.8) is 0 Å². The van der Waals surface area contributed by atoms with Crippen molar-refractivity contribution in [3.8, 4) is 5.75 Å². The van der Waals surface area contributed by atoms with Crippen molar-refractivity contribution in [2.75, 3.05) is 7.11 Å². The smallest absolute Gasteiger partial charge is 0.122 e. The minimum atomic E-state index is -0.707. The molecular formula is C14H22O2. The van der Waals surface area contributed by atoms with Crippen LogP contribution in [0.1, 0.15) is 43.4 Å². The molecule has 0 aliphatic heterocycles. The number of hydrogen-bond donors (Lipinski definition) is 1. The van der Waals surface area contributed by atoms with E-state index >= 15 is 0 Å². The summed E-state index contributed by atoms with van der Waals surface area (Å²) < 4.78 is 5.28. The van der Waals surface area contributed by atoms with Crippen LogP contribution in [0.4, 0.5) is 0 Å². The number of rotatable bonds is 4. The quantitative estimate of drug-likeness (QED) is 0.846. The molecule has 0 heterocycles. The molecule has 0 aliphatic rings. The summed E-state index contributed by atoms with van der Waals surface area (Å²) in [6, 6.07) is 4.04. The lowest BCUT2D eigenvalue weighted by Crippen LogP contribution is -2.24. The van der Waals surface area contributed by atoms with Crippen LogP contribution >= 0.6 is 0 Å². The van der Waals surface area contributed by atoms with Crippen LogP contribution in [-0.2, 0) is 5.60 Å². The number of hydrogen-bond acceptors (Lipinski definition) is 2. The molecule has 0 aliphatic carbocycles. The molecular weight excluding hydrogens is 200 g/mol. The van der Waals surface area contributed by atoms with Gasteiger partial charge in [-0.05, 0) is 55.5 Å². The number of ether oxygens (including phenoxy) is 1. The summed E-state index contributed by atoms with van der Waals surface area (Å²) >= 11 is 0. The molecule has 1 aromatic rings. The van der Waals surface area contributed by atoms with Crippen molar-refractivity contribution < 1.29 is 9.84 Å². The Hall–Kier alpha value is -1.02. The zero-order chi connectivity index (χ0) is 12.3. The zero-order valence-corrected chi connectivity index (χ0v) is 10.9. The van der Waals surface area contributed by atoms with Crippen LogP contribution in [0.2, 0.25) is 0 Å². The number of aliphatic hydroxyl groups is 1. The van der Waals surface area contributed by atoms with Gasteiger partial charge in [0.05, 0.1) is 12.7 Å². The van der Waals surface area contributed by atoms with Crippen LogP contribution in [0, 0.1) is 13.8 Å². The van der Waals surface area contributed by atoms with E-state index in [1.807, 2.05) is 39.8 Å². The van der Waals surface area contributed by atoms with Gasteiger partial charge in [0.15, 0.2) is 0 Å². The van der Waals surface area contributed by atoms with Crippen LogP contribution in [0.3, 0.4) is 0 Å². The summed E-state index contributed by atoms with van der Waals surface area (Å²) in [5.41, 5.74) is 2.48. The second kappa shape index (κ2) is 4.88. The molecule has 16 heavy (non-hydrogen) atoms. The van der Waals surface area contributed by atoms with Gasteiger partial charge in [-0.15, -0.1) is 0 Å². The van der Waals surface area contributed by atoms with Gasteiger partial charge in [0, 0.05) is 0 Å². The highest BCUT2D eigenvalue weighted by Crippen LogP contribution is 2.34. The Bertz CT molecular complexity index is 365. The second-order valence-corrected chi connectivity index (χ2v) is 4.38. The van der Waals surface area contributed by atoms with Gasteiger partial charge in [0.1, 0.15) is 5.75 Å². The van der Waals surface area contributed by atoms with Crippen LogP contribution < -0.4 is 4.74 Å². The largest absolute Gasteiger partial charge is 0.496 e. The van der Waals surface area contributed by atoms with Gasteiger partial charge >= 0.3 is 0 Å². The molecule has 0 amide bonds. The monoisotopic (exact) mass is 222 g/mol. The summed E-state index contributed by atoms with van der Waals surface area (Å²) in [7, 11) is 1.67. The van der Waals surface area contributed by atoms with Gasteiger partial charge in [-0.1, -0.05) is 13.8 Å². The molecule has 0 aromatic heterocycles. The van der Waals surface area contributed by atoms with E-state index < -0.39 is 5.60 Å². The lowest BCUT2D eigenvalue weighted by atomic mass is 9.85. The Morgan fingerprint density at radius 2 is 1.69 bits per heavy atom. The molecule has 0 fully saturated rings. The molecule has 0 saturated heterocycles. The summed E-state index contributed by atoms with van der Waals surface area (Å²) in [6.07, 6.45) is 1.46. The zero-order valence-electron chi connectivity index (χ0n) is 10.9. The van der Waals surface area contributed by atoms with E-state index in [-0.39, 0.29) is 0 Å². The number of aryl methyl sites for hydroxylation is 2. The Labute approximate surface area is 98.3 Å². The van der Waals surface area contributed by atoms with Crippen molar-refractivity contribution in [1.29, 1.82) is 0 Å². The molecule has 1 aromatic carbocycles. The summed E-state index contributed by atoms with van der Waals surface area (Å²) in [5, 5.41) is 10.5. The highest BCUT2D eigenvalue weighted by Gasteiger charge is 2.27. The molecule has 0 radical (unpaired) electrons. The Morgan fingerprint density at radius 1 is 1.12 bits per heavy atom. The molecule has 1 N–H and O–H groups in total. The average molecular weight is 222 g/mol. The van der Waals surface area contributed by atoms with Crippen molar-refractivity contribution in [2.24, 2.45) is 0 Å². The van der Waals surface area contributed by atoms with Crippen LogP contribution in [0.15, 0.2) is 12.1 Å². The topological polar surface area (TPSA) is 29.5 Å². The third-order valence-corrected chi connectivity index (χ3v) is 3.41. The van der Waals surface area contributed by atoms with Crippen molar-refractivity contribution >= 4 is 0 Å². The van der Waals surface area contributed by atoms with Gasteiger partial charge in [-0.3, -0.25) is 0 Å². The highest BCUT2D eigenvalue weighted by molar-refractivity contribution is 5.43. The van der Waals surface area contributed by atoms with E-state index in [0.29, 0.717) is 0 Å². The van der Waals surface area contributed by atoms with Gasteiger partial charge < -0.3 is 9.84 Å². The molecule has 0 spiro atoms. The molecule has 1 rings (SSSR count). The fourth-order valence-electron chi connectivity index (χ4n) is 2.14. The summed E-state index contributed by atoms with van der Waals surface area (Å²) in [6.45, 7) is 8.06. The normalized spacial score (nSPS) is 11.6. The molecule has 90 valence electrons. The van der Waals surface area contributed by atoms with E-state index in [2.05, 4.69) is 0 Å². The third kappa shape index (κ3) is 2.22. The predicted octanol–water partition coefficient (Wildman–Crippen LogP) is 3.32.